The highest BCUT2D eigenvalue weighted by molar-refractivity contribution is 7.92. The summed E-state index contributed by atoms with van der Waals surface area (Å²) in [5.74, 6) is -0.230. The summed E-state index contributed by atoms with van der Waals surface area (Å²) in [5, 5.41) is 0.224. The van der Waals surface area contributed by atoms with Crippen molar-refractivity contribution in [3.8, 4) is 5.75 Å². The van der Waals surface area contributed by atoms with Gasteiger partial charge < -0.3 is 9.64 Å². The Bertz CT molecular complexity index is 1650. The van der Waals surface area contributed by atoms with E-state index in [2.05, 4.69) is 11.5 Å². The summed E-state index contributed by atoms with van der Waals surface area (Å²) in [6, 6.07) is 13.0. The number of nitrogens with zero attached hydrogens (tertiary/aromatic N) is 2. The average Bonchev–Trinajstić information content (AvgIpc) is 3.50. The summed E-state index contributed by atoms with van der Waals surface area (Å²) in [6.07, 6.45) is -0.379. The molecule has 0 bridgehead atoms. The first-order valence-corrected chi connectivity index (χ1v) is 15.7. The first-order chi connectivity index (χ1) is 20.3. The Morgan fingerprint density at radius 3 is 2.51 bits per heavy atom. The van der Waals surface area contributed by atoms with Crippen molar-refractivity contribution >= 4 is 39.0 Å². The number of ether oxygens (including phenoxy) is 1. The Morgan fingerprint density at radius 2 is 1.81 bits per heavy atom. The van der Waals surface area contributed by atoms with E-state index in [-0.39, 0.29) is 28.6 Å². The van der Waals surface area contributed by atoms with Crippen LogP contribution in [0.25, 0.3) is 11.6 Å². The number of halogens is 5. The molecule has 5 nitrogen and oxygen atoms in total. The lowest BCUT2D eigenvalue weighted by atomic mass is 10.0. The Labute approximate surface area is 254 Å². The molecule has 0 aliphatic carbocycles. The minimum Gasteiger partial charge on any atom is -0.486 e. The summed E-state index contributed by atoms with van der Waals surface area (Å²) < 4.78 is 90.3. The van der Waals surface area contributed by atoms with Crippen molar-refractivity contribution in [3.05, 3.63) is 100 Å². The lowest BCUT2D eigenvalue weighted by molar-refractivity contribution is -0.137. The summed E-state index contributed by atoms with van der Waals surface area (Å²) in [5.41, 5.74) is 1.31. The van der Waals surface area contributed by atoms with Crippen LogP contribution in [0.15, 0.2) is 77.8 Å². The third-order valence-electron chi connectivity index (χ3n) is 7.71. The third-order valence-corrected chi connectivity index (χ3v) is 9.80. The second-order valence-corrected chi connectivity index (χ2v) is 13.0. The van der Waals surface area contributed by atoms with Gasteiger partial charge in [0.25, 0.3) is 10.0 Å². The molecule has 228 valence electrons. The van der Waals surface area contributed by atoms with Crippen LogP contribution in [0.5, 0.6) is 5.75 Å². The molecule has 2 aliphatic heterocycles. The lowest BCUT2D eigenvalue weighted by Gasteiger charge is -2.36. The molecule has 2 aliphatic rings. The highest BCUT2D eigenvalue weighted by Crippen LogP contribution is 2.41. The molecule has 1 fully saturated rings. The number of rotatable bonds is 8. The molecule has 0 N–H and O–H groups in total. The minimum absolute atomic E-state index is 0.107. The van der Waals surface area contributed by atoms with Crippen LogP contribution >= 0.6 is 11.6 Å². The maximum absolute atomic E-state index is 14.5. The molecular formula is C32H31ClF4N2O3S. The molecule has 0 saturated carbocycles. The van der Waals surface area contributed by atoms with E-state index >= 15 is 0 Å². The van der Waals surface area contributed by atoms with Gasteiger partial charge in [0.15, 0.2) is 0 Å². The highest BCUT2D eigenvalue weighted by atomic mass is 35.5. The van der Waals surface area contributed by atoms with E-state index in [0.29, 0.717) is 30.0 Å². The number of anilines is 1. The fourth-order valence-corrected chi connectivity index (χ4v) is 7.33. The van der Waals surface area contributed by atoms with Crippen molar-refractivity contribution in [2.45, 2.75) is 49.8 Å². The molecule has 3 aromatic carbocycles. The monoisotopic (exact) mass is 634 g/mol. The Kier molecular flexibility index (Phi) is 8.81. The van der Waals surface area contributed by atoms with Crippen LogP contribution in [0.4, 0.5) is 23.2 Å². The number of hydrogen-bond donors (Lipinski definition) is 0. The predicted octanol–water partition coefficient (Wildman–Crippen LogP) is 8.40. The molecule has 43 heavy (non-hydrogen) atoms. The molecule has 11 heteroatoms. The number of likely N-dealkylation sites (tertiary alicyclic amines) is 1. The molecule has 3 aromatic rings. The topological polar surface area (TPSA) is 49.9 Å². The normalized spacial score (nSPS) is 17.5. The molecule has 1 unspecified atom stereocenters. The van der Waals surface area contributed by atoms with Gasteiger partial charge in [0.2, 0.25) is 0 Å². The van der Waals surface area contributed by atoms with Crippen LogP contribution in [0.1, 0.15) is 49.3 Å². The van der Waals surface area contributed by atoms with Gasteiger partial charge in [0.1, 0.15) is 17.7 Å². The zero-order chi connectivity index (χ0) is 30.9. The molecule has 5 rings (SSSR count). The van der Waals surface area contributed by atoms with Gasteiger partial charge in [-0.25, -0.2) is 12.8 Å². The quantitative estimate of drug-likeness (QED) is 0.184. The van der Waals surface area contributed by atoms with Gasteiger partial charge in [0, 0.05) is 24.4 Å². The van der Waals surface area contributed by atoms with E-state index in [1.54, 1.807) is 37.3 Å². The second kappa shape index (κ2) is 12.2. The molecule has 0 spiro atoms. The molecule has 1 saturated heterocycles. The Hall–Kier alpha value is -3.50. The smallest absolute Gasteiger partial charge is 0.416 e. The molecule has 2 heterocycles. The van der Waals surface area contributed by atoms with Crippen molar-refractivity contribution in [2.24, 2.45) is 0 Å². The first kappa shape index (κ1) is 30.9. The Balaban J connectivity index is 1.52. The van der Waals surface area contributed by atoms with E-state index in [1.807, 2.05) is 0 Å². The van der Waals surface area contributed by atoms with Crippen LogP contribution in [0, 0.1) is 5.82 Å². The van der Waals surface area contributed by atoms with E-state index in [0.717, 1.165) is 54.1 Å². The van der Waals surface area contributed by atoms with Crippen LogP contribution in [-0.2, 0) is 16.2 Å². The van der Waals surface area contributed by atoms with E-state index in [9.17, 15) is 26.0 Å². The van der Waals surface area contributed by atoms with Gasteiger partial charge in [-0.3, -0.25) is 4.31 Å². The summed E-state index contributed by atoms with van der Waals surface area (Å²) in [7, 11) is -4.44. The maximum Gasteiger partial charge on any atom is 0.416 e. The lowest BCUT2D eigenvalue weighted by Crippen LogP contribution is -2.43. The number of sulfonamides is 1. The minimum atomic E-state index is -4.71. The molecule has 0 amide bonds. The van der Waals surface area contributed by atoms with Gasteiger partial charge in [0.05, 0.1) is 27.7 Å². The molecule has 1 atom stereocenters. The number of allylic oxidation sites excluding steroid dienone is 2. The van der Waals surface area contributed by atoms with Crippen molar-refractivity contribution in [3.63, 3.8) is 0 Å². The molecule has 0 radical (unpaired) electrons. The van der Waals surface area contributed by atoms with Crippen molar-refractivity contribution in [2.75, 3.05) is 23.9 Å². The summed E-state index contributed by atoms with van der Waals surface area (Å²) in [4.78, 5) is 1.72. The van der Waals surface area contributed by atoms with Gasteiger partial charge >= 0.3 is 6.18 Å². The van der Waals surface area contributed by atoms with Crippen LogP contribution in [-0.4, -0.2) is 39.1 Å². The van der Waals surface area contributed by atoms with Crippen molar-refractivity contribution in [1.82, 2.24) is 4.90 Å². The highest BCUT2D eigenvalue weighted by Gasteiger charge is 2.37. The van der Waals surface area contributed by atoms with Gasteiger partial charge in [-0.05, 0) is 86.2 Å². The summed E-state index contributed by atoms with van der Waals surface area (Å²) in [6.45, 7) is 7.61. The standard InChI is InChI=1S/C32H31ClF4N2O3S/c1-21(31-27(33)9-6-10-28(31)34)17-23-12-14-30-29(18-23)39(20-25(42-30)13-11-22(2)38-15-3-4-16-38)43(40,41)26-8-5-7-24(19-26)32(35,36)37/h5-10,12,14,17-19,25H,2-4,11,13,15-16,20H2,1H3. The summed E-state index contributed by atoms with van der Waals surface area (Å²) >= 11 is 6.23. The number of fused-ring (bicyclic) bond motifs is 1. The van der Waals surface area contributed by atoms with Crippen molar-refractivity contribution < 1.29 is 30.7 Å². The van der Waals surface area contributed by atoms with E-state index < -0.39 is 38.6 Å². The van der Waals surface area contributed by atoms with E-state index in [4.69, 9.17) is 16.3 Å². The fourth-order valence-electron chi connectivity index (χ4n) is 5.47. The van der Waals surface area contributed by atoms with Crippen LogP contribution in [0.2, 0.25) is 5.02 Å². The molecule has 0 aromatic heterocycles. The number of benzene rings is 3. The van der Waals surface area contributed by atoms with Gasteiger partial charge in [-0.1, -0.05) is 42.5 Å². The van der Waals surface area contributed by atoms with Crippen LogP contribution < -0.4 is 9.04 Å². The maximum atomic E-state index is 14.5. The number of alkyl halides is 3. The van der Waals surface area contributed by atoms with Gasteiger partial charge in [-0.15, -0.1) is 0 Å². The number of hydrogen-bond acceptors (Lipinski definition) is 4. The van der Waals surface area contributed by atoms with E-state index in [1.165, 1.54) is 12.1 Å². The van der Waals surface area contributed by atoms with Gasteiger partial charge in [-0.2, -0.15) is 13.2 Å². The van der Waals surface area contributed by atoms with Crippen LogP contribution in [0.3, 0.4) is 0 Å². The third kappa shape index (κ3) is 6.70. The second-order valence-electron chi connectivity index (χ2n) is 10.8. The fraction of sp³-hybridized carbons (Fsp3) is 0.312. The van der Waals surface area contributed by atoms with Crippen molar-refractivity contribution in [1.29, 1.82) is 0 Å². The first-order valence-electron chi connectivity index (χ1n) is 13.9. The average molecular weight is 635 g/mol. The molecular weight excluding hydrogens is 604 g/mol. The largest absolute Gasteiger partial charge is 0.486 e. The SMILES string of the molecule is C=C(CCC1CN(S(=O)(=O)c2cccc(C(F)(F)F)c2)c2cc(C=C(C)c3c(F)cccc3Cl)ccc2O1)N1CCCC1. The zero-order valence-electron chi connectivity index (χ0n) is 23.5. The predicted molar refractivity (Wildman–Crippen MR) is 161 cm³/mol. The zero-order valence-corrected chi connectivity index (χ0v) is 25.1. The Morgan fingerprint density at radius 1 is 1.09 bits per heavy atom.